The number of carbonyl (C=O) groups excluding carboxylic acids is 1. The van der Waals surface area contributed by atoms with Crippen molar-refractivity contribution in [2.24, 2.45) is 0 Å². The molecule has 30 heavy (non-hydrogen) atoms. The lowest BCUT2D eigenvalue weighted by Gasteiger charge is -2.24. The van der Waals surface area contributed by atoms with E-state index in [9.17, 15) is 14.4 Å². The highest BCUT2D eigenvalue weighted by molar-refractivity contribution is 6.36. The topological polar surface area (TPSA) is 114 Å². The van der Waals surface area contributed by atoms with Crippen molar-refractivity contribution < 1.29 is 9.21 Å². The first kappa shape index (κ1) is 21.7. The van der Waals surface area contributed by atoms with E-state index in [-0.39, 0.29) is 28.6 Å². The molecule has 2 heterocycles. The molecule has 1 amide bonds. The number of aromatic nitrogens is 2. The monoisotopic (exact) mass is 450 g/mol. The summed E-state index contributed by atoms with van der Waals surface area (Å²) in [7, 11) is 0. The molecule has 3 rings (SSSR count). The molecule has 0 unspecified atom stereocenters. The Kier molecular flexibility index (Phi) is 6.69. The van der Waals surface area contributed by atoms with Crippen LogP contribution in [0.2, 0.25) is 10.0 Å². The summed E-state index contributed by atoms with van der Waals surface area (Å²) < 4.78 is 6.59. The number of anilines is 2. The minimum absolute atomic E-state index is 0.0841. The van der Waals surface area contributed by atoms with E-state index in [0.29, 0.717) is 23.7 Å². The fraction of sp³-hybridized carbons (Fsp3) is 0.250. The normalized spacial score (nSPS) is 10.9. The standard InChI is InChI=1S/C20H20Cl2N4O4/c1-2-3-8-25-17(23)16(18(27)24-20(25)29)26(11-13-5-4-9-30-13)19(28)14-10-12(21)6-7-15(14)22/h4-7,9-10H,2-3,8,11,23H2,1H3,(H,24,27,29). The molecule has 0 aliphatic heterocycles. The number of halogens is 2. The zero-order valence-electron chi connectivity index (χ0n) is 16.2. The van der Waals surface area contributed by atoms with Crippen LogP contribution < -0.4 is 21.9 Å². The van der Waals surface area contributed by atoms with Crippen LogP contribution in [0.3, 0.4) is 0 Å². The molecule has 3 aromatic rings. The molecule has 2 aromatic heterocycles. The maximum Gasteiger partial charge on any atom is 0.330 e. The highest BCUT2D eigenvalue weighted by Crippen LogP contribution is 2.27. The van der Waals surface area contributed by atoms with Gasteiger partial charge < -0.3 is 10.2 Å². The summed E-state index contributed by atoms with van der Waals surface area (Å²) in [5, 5.41) is 0.457. The van der Waals surface area contributed by atoms with Crippen molar-refractivity contribution in [2.45, 2.75) is 32.9 Å². The number of nitrogens with two attached hydrogens (primary N) is 1. The minimum atomic E-state index is -0.789. The summed E-state index contributed by atoms with van der Waals surface area (Å²) in [5.41, 5.74) is 4.69. The minimum Gasteiger partial charge on any atom is -0.467 e. The van der Waals surface area contributed by atoms with Gasteiger partial charge in [-0.2, -0.15) is 0 Å². The number of benzene rings is 1. The van der Waals surface area contributed by atoms with E-state index >= 15 is 0 Å². The molecule has 1 aromatic carbocycles. The van der Waals surface area contributed by atoms with E-state index in [1.54, 1.807) is 18.2 Å². The Balaban J connectivity index is 2.18. The molecule has 0 radical (unpaired) electrons. The van der Waals surface area contributed by atoms with Crippen LogP contribution in [0.4, 0.5) is 11.5 Å². The van der Waals surface area contributed by atoms with Crippen molar-refractivity contribution >= 4 is 40.6 Å². The van der Waals surface area contributed by atoms with Crippen LogP contribution in [0.1, 0.15) is 35.9 Å². The van der Waals surface area contributed by atoms with Crippen LogP contribution in [0, 0.1) is 0 Å². The highest BCUT2D eigenvalue weighted by atomic mass is 35.5. The lowest BCUT2D eigenvalue weighted by molar-refractivity contribution is 0.0983. The maximum absolute atomic E-state index is 13.4. The number of nitrogen functional groups attached to an aromatic ring is 1. The van der Waals surface area contributed by atoms with E-state index in [1.165, 1.54) is 23.0 Å². The van der Waals surface area contributed by atoms with Crippen molar-refractivity contribution in [1.29, 1.82) is 0 Å². The lowest BCUT2D eigenvalue weighted by Crippen LogP contribution is -2.41. The first-order chi connectivity index (χ1) is 14.3. The lowest BCUT2D eigenvalue weighted by atomic mass is 10.1. The SMILES string of the molecule is CCCCn1c(N)c(N(Cc2ccco2)C(=O)c2cc(Cl)ccc2Cl)c(=O)[nH]c1=O. The highest BCUT2D eigenvalue weighted by Gasteiger charge is 2.27. The Bertz CT molecular complexity index is 1170. The summed E-state index contributed by atoms with van der Waals surface area (Å²) in [6.45, 7) is 2.15. The summed E-state index contributed by atoms with van der Waals surface area (Å²) in [5.74, 6) is -0.321. The first-order valence-corrected chi connectivity index (χ1v) is 10.0. The van der Waals surface area contributed by atoms with E-state index in [2.05, 4.69) is 4.98 Å². The number of furan rings is 1. The molecule has 158 valence electrons. The van der Waals surface area contributed by atoms with Crippen molar-refractivity contribution in [3.8, 4) is 0 Å². The molecular weight excluding hydrogens is 431 g/mol. The third kappa shape index (κ3) is 4.44. The van der Waals surface area contributed by atoms with Crippen LogP contribution >= 0.6 is 23.2 Å². The molecule has 0 saturated carbocycles. The van der Waals surface area contributed by atoms with Gasteiger partial charge in [0.2, 0.25) is 0 Å². The van der Waals surface area contributed by atoms with Gasteiger partial charge in [-0.15, -0.1) is 0 Å². The van der Waals surface area contributed by atoms with Gasteiger partial charge in [-0.05, 0) is 36.8 Å². The fourth-order valence-electron chi connectivity index (χ4n) is 2.99. The molecular formula is C20H20Cl2N4O4. The average molecular weight is 451 g/mol. The quantitative estimate of drug-likeness (QED) is 0.569. The number of H-pyrrole nitrogens is 1. The zero-order chi connectivity index (χ0) is 21.8. The van der Waals surface area contributed by atoms with Gasteiger partial charge in [0.1, 0.15) is 11.6 Å². The molecule has 3 N–H and O–H groups in total. The summed E-state index contributed by atoms with van der Waals surface area (Å²) in [6, 6.07) is 7.73. The largest absolute Gasteiger partial charge is 0.467 e. The molecule has 10 heteroatoms. The van der Waals surface area contributed by atoms with Gasteiger partial charge >= 0.3 is 5.69 Å². The number of rotatable bonds is 7. The number of carbonyl (C=O) groups is 1. The van der Waals surface area contributed by atoms with Crippen molar-refractivity contribution in [3.05, 3.63) is 78.8 Å². The Morgan fingerprint density at radius 2 is 2.03 bits per heavy atom. The zero-order valence-corrected chi connectivity index (χ0v) is 17.7. The van der Waals surface area contributed by atoms with Crippen LogP contribution in [0.15, 0.2) is 50.6 Å². The van der Waals surface area contributed by atoms with Gasteiger partial charge in [0.05, 0.1) is 23.4 Å². The summed E-state index contributed by atoms with van der Waals surface area (Å²) in [6.07, 6.45) is 2.93. The van der Waals surface area contributed by atoms with E-state index < -0.39 is 17.2 Å². The maximum atomic E-state index is 13.4. The average Bonchev–Trinajstić information content (AvgIpc) is 3.21. The Hall–Kier alpha value is -2.97. The van der Waals surface area contributed by atoms with E-state index in [0.717, 1.165) is 11.3 Å². The van der Waals surface area contributed by atoms with Crippen molar-refractivity contribution in [1.82, 2.24) is 9.55 Å². The van der Waals surface area contributed by atoms with Gasteiger partial charge in [0.15, 0.2) is 5.69 Å². The van der Waals surface area contributed by atoms with Gasteiger partial charge in [0.25, 0.3) is 11.5 Å². The van der Waals surface area contributed by atoms with E-state index in [4.69, 9.17) is 33.4 Å². The van der Waals surface area contributed by atoms with Gasteiger partial charge in [-0.3, -0.25) is 24.0 Å². The molecule has 0 atom stereocenters. The van der Waals surface area contributed by atoms with Crippen LogP contribution in [-0.4, -0.2) is 15.5 Å². The predicted molar refractivity (Wildman–Crippen MR) is 116 cm³/mol. The number of hydrogen-bond acceptors (Lipinski definition) is 5. The van der Waals surface area contributed by atoms with Crippen molar-refractivity contribution in [3.63, 3.8) is 0 Å². The number of nitrogens with zero attached hydrogens (tertiary/aromatic N) is 2. The summed E-state index contributed by atoms with van der Waals surface area (Å²) >= 11 is 12.2. The third-order valence-electron chi connectivity index (χ3n) is 4.52. The Morgan fingerprint density at radius 3 is 2.70 bits per heavy atom. The Morgan fingerprint density at radius 1 is 1.27 bits per heavy atom. The number of amides is 1. The molecule has 0 bridgehead atoms. The van der Waals surface area contributed by atoms with Crippen LogP contribution in [0.5, 0.6) is 0 Å². The third-order valence-corrected chi connectivity index (χ3v) is 5.08. The van der Waals surface area contributed by atoms with Crippen LogP contribution in [-0.2, 0) is 13.1 Å². The fourth-order valence-corrected chi connectivity index (χ4v) is 3.36. The predicted octanol–water partition coefficient (Wildman–Crippen LogP) is 3.67. The number of hydrogen-bond donors (Lipinski definition) is 2. The molecule has 0 fully saturated rings. The summed E-state index contributed by atoms with van der Waals surface area (Å²) in [4.78, 5) is 41.8. The van der Waals surface area contributed by atoms with Crippen molar-refractivity contribution in [2.75, 3.05) is 10.6 Å². The van der Waals surface area contributed by atoms with Gasteiger partial charge in [0, 0.05) is 11.6 Å². The van der Waals surface area contributed by atoms with Gasteiger partial charge in [-0.25, -0.2) is 4.79 Å². The molecule has 8 nitrogen and oxygen atoms in total. The Labute approximate surface area is 181 Å². The van der Waals surface area contributed by atoms with Crippen LogP contribution in [0.25, 0.3) is 0 Å². The second-order valence-corrected chi connectivity index (χ2v) is 7.44. The molecule has 0 aliphatic carbocycles. The second-order valence-electron chi connectivity index (χ2n) is 6.59. The molecule has 0 spiro atoms. The number of unbranched alkanes of at least 4 members (excludes halogenated alkanes) is 1. The smallest absolute Gasteiger partial charge is 0.330 e. The number of nitrogens with one attached hydrogen (secondary N) is 1. The molecule has 0 saturated heterocycles. The molecule has 0 aliphatic rings. The second kappa shape index (κ2) is 9.23. The first-order valence-electron chi connectivity index (χ1n) is 9.25. The van der Waals surface area contributed by atoms with E-state index in [1.807, 2.05) is 6.92 Å². The van der Waals surface area contributed by atoms with Gasteiger partial charge in [-0.1, -0.05) is 36.5 Å². The number of aromatic amines is 1.